The molecule has 1 unspecified atom stereocenters. The van der Waals surface area contributed by atoms with E-state index in [1.165, 1.54) is 22.3 Å². The Hall–Kier alpha value is -1.67. The molecule has 0 spiro atoms. The van der Waals surface area contributed by atoms with E-state index in [0.29, 0.717) is 6.04 Å². The quantitative estimate of drug-likeness (QED) is 0.805. The number of nitrogens with zero attached hydrogens (tertiary/aromatic N) is 1. The van der Waals surface area contributed by atoms with Crippen molar-refractivity contribution in [3.05, 3.63) is 65.0 Å². The number of hydrogen-bond acceptors (Lipinski definition) is 2. The van der Waals surface area contributed by atoms with Crippen molar-refractivity contribution in [2.24, 2.45) is 0 Å². The maximum absolute atomic E-state index is 4.09. The Kier molecular flexibility index (Phi) is 2.65. The van der Waals surface area contributed by atoms with Crippen LogP contribution in [0, 0.1) is 6.92 Å². The van der Waals surface area contributed by atoms with Crippen LogP contribution in [-0.2, 0) is 6.42 Å². The number of hydrogen-bond donors (Lipinski definition) is 1. The van der Waals surface area contributed by atoms with Gasteiger partial charge < -0.3 is 5.32 Å². The maximum Gasteiger partial charge on any atom is 0.0580 e. The zero-order valence-electron chi connectivity index (χ0n) is 9.98. The van der Waals surface area contributed by atoms with E-state index >= 15 is 0 Å². The highest BCUT2D eigenvalue weighted by Crippen LogP contribution is 2.29. The zero-order valence-corrected chi connectivity index (χ0v) is 9.98. The molecule has 2 aromatic rings. The minimum absolute atomic E-state index is 0.321. The molecule has 1 atom stereocenters. The first kappa shape index (κ1) is 10.5. The first-order chi connectivity index (χ1) is 8.36. The molecule has 0 saturated heterocycles. The molecule has 17 heavy (non-hydrogen) atoms. The van der Waals surface area contributed by atoms with Crippen LogP contribution < -0.4 is 5.32 Å². The lowest BCUT2D eigenvalue weighted by molar-refractivity contribution is 0.565. The Balaban J connectivity index is 2.09. The van der Waals surface area contributed by atoms with Gasteiger partial charge >= 0.3 is 0 Å². The SMILES string of the molecule is Cc1cccc2c1CCNC2c1ccncc1. The summed E-state index contributed by atoms with van der Waals surface area (Å²) in [4.78, 5) is 4.09. The van der Waals surface area contributed by atoms with Crippen molar-refractivity contribution in [2.75, 3.05) is 6.54 Å². The predicted octanol–water partition coefficient (Wildman–Crippen LogP) is 2.63. The Bertz CT molecular complexity index is 520. The zero-order chi connectivity index (χ0) is 11.7. The molecule has 3 rings (SSSR count). The average molecular weight is 224 g/mol. The molecule has 0 saturated carbocycles. The first-order valence-electron chi connectivity index (χ1n) is 6.08. The molecule has 0 amide bonds. The number of benzene rings is 1. The van der Waals surface area contributed by atoms with Crippen molar-refractivity contribution in [2.45, 2.75) is 19.4 Å². The fourth-order valence-corrected chi connectivity index (χ4v) is 2.64. The molecule has 0 fully saturated rings. The average Bonchev–Trinajstić information content (AvgIpc) is 2.40. The van der Waals surface area contributed by atoms with Gasteiger partial charge in [0.1, 0.15) is 0 Å². The topological polar surface area (TPSA) is 24.9 Å². The summed E-state index contributed by atoms with van der Waals surface area (Å²) in [5.74, 6) is 0. The number of aromatic nitrogens is 1. The summed E-state index contributed by atoms with van der Waals surface area (Å²) >= 11 is 0. The molecular weight excluding hydrogens is 208 g/mol. The van der Waals surface area contributed by atoms with Crippen molar-refractivity contribution < 1.29 is 0 Å². The summed E-state index contributed by atoms with van der Waals surface area (Å²) in [5.41, 5.74) is 5.63. The van der Waals surface area contributed by atoms with E-state index in [2.05, 4.69) is 47.6 Å². The molecule has 0 bridgehead atoms. The van der Waals surface area contributed by atoms with Gasteiger partial charge in [-0.25, -0.2) is 0 Å². The van der Waals surface area contributed by atoms with Crippen LogP contribution in [0.25, 0.3) is 0 Å². The molecule has 1 aliphatic rings. The van der Waals surface area contributed by atoms with Crippen molar-refractivity contribution in [3.8, 4) is 0 Å². The van der Waals surface area contributed by atoms with Gasteiger partial charge in [0.15, 0.2) is 0 Å². The summed E-state index contributed by atoms with van der Waals surface area (Å²) < 4.78 is 0. The summed E-state index contributed by atoms with van der Waals surface area (Å²) in [6, 6.07) is 11.1. The van der Waals surface area contributed by atoms with Gasteiger partial charge in [0, 0.05) is 18.9 Å². The first-order valence-corrected chi connectivity index (χ1v) is 6.08. The van der Waals surface area contributed by atoms with Gasteiger partial charge in [-0.3, -0.25) is 4.98 Å². The van der Waals surface area contributed by atoms with Gasteiger partial charge in [-0.2, -0.15) is 0 Å². The molecule has 2 heterocycles. The minimum atomic E-state index is 0.321. The Labute approximate surface area is 102 Å². The third-order valence-corrected chi connectivity index (χ3v) is 3.52. The Morgan fingerprint density at radius 2 is 2.00 bits per heavy atom. The number of pyridine rings is 1. The van der Waals surface area contributed by atoms with Crippen LogP contribution in [0.15, 0.2) is 42.7 Å². The molecule has 0 radical (unpaired) electrons. The fourth-order valence-electron chi connectivity index (χ4n) is 2.64. The van der Waals surface area contributed by atoms with Crippen molar-refractivity contribution >= 4 is 0 Å². The second-order valence-electron chi connectivity index (χ2n) is 4.56. The van der Waals surface area contributed by atoms with E-state index in [4.69, 9.17) is 0 Å². The number of aryl methyl sites for hydroxylation is 1. The molecule has 1 aromatic heterocycles. The highest BCUT2D eigenvalue weighted by atomic mass is 14.9. The third kappa shape index (κ3) is 1.85. The van der Waals surface area contributed by atoms with Crippen molar-refractivity contribution in [3.63, 3.8) is 0 Å². The molecule has 1 aliphatic heterocycles. The molecule has 86 valence electrons. The van der Waals surface area contributed by atoms with Gasteiger partial charge in [0.25, 0.3) is 0 Å². The number of rotatable bonds is 1. The van der Waals surface area contributed by atoms with Crippen LogP contribution in [0.3, 0.4) is 0 Å². The monoisotopic (exact) mass is 224 g/mol. The minimum Gasteiger partial charge on any atom is -0.306 e. The van der Waals surface area contributed by atoms with E-state index in [0.717, 1.165) is 13.0 Å². The second-order valence-corrected chi connectivity index (χ2v) is 4.56. The Morgan fingerprint density at radius 1 is 1.18 bits per heavy atom. The van der Waals surface area contributed by atoms with Crippen LogP contribution in [0.1, 0.15) is 28.3 Å². The van der Waals surface area contributed by atoms with Crippen LogP contribution >= 0.6 is 0 Å². The Morgan fingerprint density at radius 3 is 2.82 bits per heavy atom. The van der Waals surface area contributed by atoms with Gasteiger partial charge in [0.05, 0.1) is 6.04 Å². The predicted molar refractivity (Wildman–Crippen MR) is 69.0 cm³/mol. The van der Waals surface area contributed by atoms with Crippen LogP contribution in [0.2, 0.25) is 0 Å². The summed E-state index contributed by atoms with van der Waals surface area (Å²) in [6.07, 6.45) is 4.85. The van der Waals surface area contributed by atoms with Gasteiger partial charge in [-0.05, 0) is 47.7 Å². The third-order valence-electron chi connectivity index (χ3n) is 3.52. The molecule has 2 heteroatoms. The molecular formula is C15H16N2. The largest absolute Gasteiger partial charge is 0.306 e. The highest BCUT2D eigenvalue weighted by Gasteiger charge is 2.21. The van der Waals surface area contributed by atoms with Crippen molar-refractivity contribution in [1.82, 2.24) is 10.3 Å². The fraction of sp³-hybridized carbons (Fsp3) is 0.267. The van der Waals surface area contributed by atoms with Gasteiger partial charge in [-0.1, -0.05) is 18.2 Å². The number of fused-ring (bicyclic) bond motifs is 1. The van der Waals surface area contributed by atoms with E-state index in [9.17, 15) is 0 Å². The lowest BCUT2D eigenvalue weighted by Gasteiger charge is -2.28. The van der Waals surface area contributed by atoms with Crippen LogP contribution in [0.5, 0.6) is 0 Å². The van der Waals surface area contributed by atoms with E-state index < -0.39 is 0 Å². The molecule has 0 aliphatic carbocycles. The molecule has 1 aromatic carbocycles. The standard InChI is InChI=1S/C15H16N2/c1-11-3-2-4-14-13(11)7-10-17-15(14)12-5-8-16-9-6-12/h2-6,8-9,15,17H,7,10H2,1H3. The number of nitrogens with one attached hydrogen (secondary N) is 1. The molecule has 1 N–H and O–H groups in total. The summed E-state index contributed by atoms with van der Waals surface area (Å²) in [6.45, 7) is 3.25. The van der Waals surface area contributed by atoms with Crippen LogP contribution in [-0.4, -0.2) is 11.5 Å². The highest BCUT2D eigenvalue weighted by molar-refractivity contribution is 5.42. The van der Waals surface area contributed by atoms with E-state index in [1.807, 2.05) is 12.4 Å². The van der Waals surface area contributed by atoms with Gasteiger partial charge in [0.2, 0.25) is 0 Å². The van der Waals surface area contributed by atoms with E-state index in [1.54, 1.807) is 0 Å². The van der Waals surface area contributed by atoms with E-state index in [-0.39, 0.29) is 0 Å². The summed E-state index contributed by atoms with van der Waals surface area (Å²) in [7, 11) is 0. The smallest absolute Gasteiger partial charge is 0.0580 e. The van der Waals surface area contributed by atoms with Crippen molar-refractivity contribution in [1.29, 1.82) is 0 Å². The molecule has 2 nitrogen and oxygen atoms in total. The second kappa shape index (κ2) is 4.30. The lowest BCUT2D eigenvalue weighted by atomic mass is 9.88. The van der Waals surface area contributed by atoms with Gasteiger partial charge in [-0.15, -0.1) is 0 Å². The van der Waals surface area contributed by atoms with Crippen LogP contribution in [0.4, 0.5) is 0 Å². The lowest BCUT2D eigenvalue weighted by Crippen LogP contribution is -2.31. The maximum atomic E-state index is 4.09. The normalized spacial score (nSPS) is 18.8. The summed E-state index contributed by atoms with van der Waals surface area (Å²) in [5, 5.41) is 3.59.